The summed E-state index contributed by atoms with van der Waals surface area (Å²) in [6.07, 6.45) is 5.23. The Morgan fingerprint density at radius 2 is 1.88 bits per heavy atom. The Bertz CT molecular complexity index is 253. The first-order chi connectivity index (χ1) is 7.38. The Hall–Kier alpha value is -1.01. The molecule has 1 amide bonds. The van der Waals surface area contributed by atoms with Crippen molar-refractivity contribution in [3.63, 3.8) is 0 Å². The Kier molecular flexibility index (Phi) is 6.83. The fraction of sp³-hybridized carbons (Fsp3) is 0.769. The summed E-state index contributed by atoms with van der Waals surface area (Å²) in [5.74, 6) is 2.91. The van der Waals surface area contributed by atoms with Gasteiger partial charge in [-0.3, -0.25) is 4.79 Å². The molecular formula is C13H23NO2. The van der Waals surface area contributed by atoms with Crippen LogP contribution in [0.4, 0.5) is 0 Å². The van der Waals surface area contributed by atoms with E-state index in [4.69, 9.17) is 11.2 Å². The van der Waals surface area contributed by atoms with E-state index in [0.29, 0.717) is 12.5 Å². The zero-order valence-electron chi connectivity index (χ0n) is 10.9. The maximum absolute atomic E-state index is 11.5. The zero-order valence-corrected chi connectivity index (χ0v) is 10.9. The molecule has 0 bridgehead atoms. The van der Waals surface area contributed by atoms with Gasteiger partial charge in [-0.1, -0.05) is 33.6 Å². The monoisotopic (exact) mass is 225 g/mol. The second-order valence-electron chi connectivity index (χ2n) is 4.74. The molecule has 1 unspecified atom stereocenters. The highest BCUT2D eigenvalue weighted by atomic mass is 16.5. The van der Waals surface area contributed by atoms with E-state index in [-0.39, 0.29) is 24.0 Å². The lowest BCUT2D eigenvalue weighted by molar-refractivity contribution is -0.125. The Balaban J connectivity index is 4.18. The molecule has 0 aromatic heterocycles. The van der Waals surface area contributed by atoms with E-state index in [9.17, 15) is 4.79 Å². The number of carbonyl (C=O) groups excluding carboxylic acids is 1. The van der Waals surface area contributed by atoms with Gasteiger partial charge in [-0.25, -0.2) is 0 Å². The highest BCUT2D eigenvalue weighted by Crippen LogP contribution is 2.03. The van der Waals surface area contributed by atoms with E-state index < -0.39 is 0 Å². The van der Waals surface area contributed by atoms with Gasteiger partial charge in [-0.2, -0.15) is 0 Å². The Labute approximate surface area is 98.9 Å². The molecule has 0 rings (SSSR count). The molecule has 0 aliphatic rings. The second kappa shape index (κ2) is 7.29. The molecule has 1 N–H and O–H groups in total. The van der Waals surface area contributed by atoms with Gasteiger partial charge in [0.25, 0.3) is 0 Å². The quantitative estimate of drug-likeness (QED) is 0.700. The van der Waals surface area contributed by atoms with Crippen LogP contribution in [-0.2, 0) is 9.53 Å². The van der Waals surface area contributed by atoms with Gasteiger partial charge in [0.15, 0.2) is 0 Å². The lowest BCUT2D eigenvalue weighted by Gasteiger charge is -2.22. The Morgan fingerprint density at radius 1 is 1.31 bits per heavy atom. The molecule has 0 aliphatic carbocycles. The lowest BCUT2D eigenvalue weighted by Crippen LogP contribution is -2.44. The average Bonchev–Trinajstić information content (AvgIpc) is 2.21. The second-order valence-corrected chi connectivity index (χ2v) is 4.74. The summed E-state index contributed by atoms with van der Waals surface area (Å²) < 4.78 is 5.58. The summed E-state index contributed by atoms with van der Waals surface area (Å²) in [5.41, 5.74) is 0. The summed E-state index contributed by atoms with van der Waals surface area (Å²) in [6, 6.07) is -0.353. The fourth-order valence-electron chi connectivity index (χ4n) is 1.05. The van der Waals surface area contributed by atoms with Gasteiger partial charge in [-0.15, -0.1) is 6.42 Å². The van der Waals surface area contributed by atoms with Crippen molar-refractivity contribution < 1.29 is 9.53 Å². The molecule has 3 heteroatoms. The summed E-state index contributed by atoms with van der Waals surface area (Å²) in [4.78, 5) is 11.5. The lowest BCUT2D eigenvalue weighted by atomic mass is 10.1. The predicted molar refractivity (Wildman–Crippen MR) is 65.9 cm³/mol. The molecule has 3 nitrogen and oxygen atoms in total. The van der Waals surface area contributed by atoms with Gasteiger partial charge in [0.1, 0.15) is 6.04 Å². The van der Waals surface area contributed by atoms with E-state index in [1.165, 1.54) is 0 Å². The molecule has 0 aromatic rings. The number of nitrogens with one attached hydrogen (secondary N) is 1. The number of ether oxygens (including phenoxy) is 1. The number of hydrogen-bond acceptors (Lipinski definition) is 2. The fourth-order valence-corrected chi connectivity index (χ4v) is 1.05. The SMILES string of the molecule is C#C[C@H](NC(=O)C(C)C)C(C)OCC(C)C. The van der Waals surface area contributed by atoms with Crippen molar-refractivity contribution >= 4 is 5.91 Å². The Morgan fingerprint density at radius 3 is 2.25 bits per heavy atom. The molecule has 0 aromatic carbocycles. The van der Waals surface area contributed by atoms with E-state index in [2.05, 4.69) is 25.1 Å². The molecule has 0 saturated heterocycles. The number of hydrogen-bond donors (Lipinski definition) is 1. The van der Waals surface area contributed by atoms with Gasteiger partial charge >= 0.3 is 0 Å². The van der Waals surface area contributed by atoms with Crippen molar-refractivity contribution in [1.82, 2.24) is 5.32 Å². The van der Waals surface area contributed by atoms with Gasteiger partial charge in [-0.05, 0) is 12.8 Å². The minimum absolute atomic E-state index is 0.0389. The standard InChI is InChI=1S/C13H23NO2/c1-7-12(14-13(15)10(4)5)11(6)16-8-9(2)3/h1,9-12H,8H2,2-6H3,(H,14,15)/t11?,12-/m0/s1. The van der Waals surface area contributed by atoms with E-state index in [0.717, 1.165) is 0 Å². The van der Waals surface area contributed by atoms with Crippen LogP contribution in [0.25, 0.3) is 0 Å². The summed E-state index contributed by atoms with van der Waals surface area (Å²) in [5, 5.41) is 2.79. The molecule has 0 fully saturated rings. The van der Waals surface area contributed by atoms with Crippen molar-refractivity contribution in [2.45, 2.75) is 46.8 Å². The minimum Gasteiger partial charge on any atom is -0.375 e. The molecule has 0 heterocycles. The first-order valence-corrected chi connectivity index (χ1v) is 5.76. The maximum atomic E-state index is 11.5. The third-order valence-electron chi connectivity index (χ3n) is 2.16. The van der Waals surface area contributed by atoms with Gasteiger partial charge in [0.05, 0.1) is 6.10 Å². The van der Waals surface area contributed by atoms with E-state index in [1.54, 1.807) is 0 Å². The number of carbonyl (C=O) groups is 1. The molecule has 0 aliphatic heterocycles. The largest absolute Gasteiger partial charge is 0.375 e. The molecular weight excluding hydrogens is 202 g/mol. The summed E-state index contributed by atoms with van der Waals surface area (Å²) in [6.45, 7) is 10.4. The van der Waals surface area contributed by atoms with Crippen LogP contribution in [0.1, 0.15) is 34.6 Å². The molecule has 92 valence electrons. The molecule has 16 heavy (non-hydrogen) atoms. The van der Waals surface area contributed by atoms with Gasteiger partial charge < -0.3 is 10.1 Å². The van der Waals surface area contributed by atoms with Crippen LogP contribution in [0, 0.1) is 24.2 Å². The third kappa shape index (κ3) is 5.77. The first kappa shape index (κ1) is 15.0. The molecule has 2 atom stereocenters. The minimum atomic E-state index is -0.353. The first-order valence-electron chi connectivity index (χ1n) is 5.76. The van der Waals surface area contributed by atoms with Crippen molar-refractivity contribution in [3.05, 3.63) is 0 Å². The van der Waals surface area contributed by atoms with E-state index >= 15 is 0 Å². The van der Waals surface area contributed by atoms with Crippen molar-refractivity contribution in [2.24, 2.45) is 11.8 Å². The highest BCUT2D eigenvalue weighted by molar-refractivity contribution is 5.78. The normalized spacial score (nSPS) is 14.6. The number of terminal acetylenes is 1. The topological polar surface area (TPSA) is 38.3 Å². The molecule has 0 spiro atoms. The van der Waals surface area contributed by atoms with E-state index in [1.807, 2.05) is 20.8 Å². The third-order valence-corrected chi connectivity index (χ3v) is 2.16. The zero-order chi connectivity index (χ0) is 12.7. The molecule has 0 saturated carbocycles. The van der Waals surface area contributed by atoms with Crippen LogP contribution >= 0.6 is 0 Å². The average molecular weight is 225 g/mol. The van der Waals surface area contributed by atoms with Crippen LogP contribution in [0.15, 0.2) is 0 Å². The van der Waals surface area contributed by atoms with Gasteiger partial charge in [0.2, 0.25) is 5.91 Å². The van der Waals surface area contributed by atoms with Crippen molar-refractivity contribution in [3.8, 4) is 12.3 Å². The van der Waals surface area contributed by atoms with Crippen molar-refractivity contribution in [1.29, 1.82) is 0 Å². The predicted octanol–water partition coefficient (Wildman–Crippen LogP) is 1.82. The highest BCUT2D eigenvalue weighted by Gasteiger charge is 2.19. The number of rotatable bonds is 6. The van der Waals surface area contributed by atoms with Crippen LogP contribution in [0.5, 0.6) is 0 Å². The summed E-state index contributed by atoms with van der Waals surface area (Å²) >= 11 is 0. The van der Waals surface area contributed by atoms with Crippen LogP contribution in [0.3, 0.4) is 0 Å². The smallest absolute Gasteiger partial charge is 0.223 e. The molecule has 0 radical (unpaired) electrons. The number of amides is 1. The van der Waals surface area contributed by atoms with Crippen LogP contribution < -0.4 is 5.32 Å². The van der Waals surface area contributed by atoms with Crippen LogP contribution in [-0.4, -0.2) is 24.7 Å². The van der Waals surface area contributed by atoms with Crippen molar-refractivity contribution in [2.75, 3.05) is 6.61 Å². The maximum Gasteiger partial charge on any atom is 0.223 e. The van der Waals surface area contributed by atoms with Gasteiger partial charge in [0, 0.05) is 12.5 Å². The summed E-state index contributed by atoms with van der Waals surface area (Å²) in [7, 11) is 0. The van der Waals surface area contributed by atoms with Crippen LogP contribution in [0.2, 0.25) is 0 Å².